The molecule has 0 aromatic heterocycles. The number of carbonyl (C=O) groups excluding carboxylic acids is 1. The SMILES string of the molecule is CC(C)c1cccc(C(C)C)c1CC(=O)NS(=O)c1cc(-c2ccccc2)cc(C(C)(C)O)c1. The van der Waals surface area contributed by atoms with Crippen molar-refractivity contribution in [3.8, 4) is 11.1 Å². The number of hydrogen-bond acceptors (Lipinski definition) is 3. The summed E-state index contributed by atoms with van der Waals surface area (Å²) in [5.41, 5.74) is 4.60. The van der Waals surface area contributed by atoms with Crippen molar-refractivity contribution in [3.05, 3.63) is 89.0 Å². The quantitative estimate of drug-likeness (QED) is 0.405. The third-order valence-corrected chi connectivity index (χ3v) is 7.05. The molecule has 2 N–H and O–H groups in total. The Bertz CT molecular complexity index is 1150. The number of carbonyl (C=O) groups is 1. The van der Waals surface area contributed by atoms with Gasteiger partial charge in [0.05, 0.1) is 16.9 Å². The number of hydrogen-bond donors (Lipinski definition) is 2. The van der Waals surface area contributed by atoms with Crippen LogP contribution in [0.2, 0.25) is 0 Å². The van der Waals surface area contributed by atoms with Crippen molar-refractivity contribution >= 4 is 16.9 Å². The van der Waals surface area contributed by atoms with Gasteiger partial charge in [0.15, 0.2) is 11.0 Å². The largest absolute Gasteiger partial charge is 0.386 e. The van der Waals surface area contributed by atoms with Gasteiger partial charge in [0, 0.05) is 0 Å². The lowest BCUT2D eigenvalue weighted by atomic mass is 9.87. The number of aliphatic hydroxyl groups is 1. The summed E-state index contributed by atoms with van der Waals surface area (Å²) in [6, 6.07) is 21.3. The molecule has 3 aromatic carbocycles. The first kappa shape index (κ1) is 25.9. The van der Waals surface area contributed by atoms with Gasteiger partial charge >= 0.3 is 0 Å². The molecule has 3 aromatic rings. The van der Waals surface area contributed by atoms with Crippen LogP contribution in [0.3, 0.4) is 0 Å². The van der Waals surface area contributed by atoms with Crippen LogP contribution in [0.25, 0.3) is 11.1 Å². The van der Waals surface area contributed by atoms with Crippen molar-refractivity contribution < 1.29 is 14.1 Å². The molecular formula is C29H35NO3S. The van der Waals surface area contributed by atoms with E-state index in [9.17, 15) is 14.1 Å². The summed E-state index contributed by atoms with van der Waals surface area (Å²) < 4.78 is 15.9. The zero-order valence-corrected chi connectivity index (χ0v) is 21.7. The molecule has 0 radical (unpaired) electrons. The predicted octanol–water partition coefficient (Wildman–Crippen LogP) is 6.21. The second-order valence-corrected chi connectivity index (χ2v) is 11.1. The Hall–Kier alpha value is -2.76. The molecule has 0 bridgehead atoms. The highest BCUT2D eigenvalue weighted by molar-refractivity contribution is 7.83. The van der Waals surface area contributed by atoms with Gasteiger partial charge in [-0.2, -0.15) is 0 Å². The summed E-state index contributed by atoms with van der Waals surface area (Å²) in [4.78, 5) is 13.5. The molecule has 0 saturated heterocycles. The van der Waals surface area contributed by atoms with Gasteiger partial charge in [-0.1, -0.05) is 76.2 Å². The maximum absolute atomic E-state index is 13.2. The maximum atomic E-state index is 13.2. The van der Waals surface area contributed by atoms with E-state index >= 15 is 0 Å². The minimum Gasteiger partial charge on any atom is -0.386 e. The average Bonchev–Trinajstić information content (AvgIpc) is 2.78. The van der Waals surface area contributed by atoms with E-state index in [4.69, 9.17) is 0 Å². The van der Waals surface area contributed by atoms with E-state index in [2.05, 4.69) is 44.5 Å². The summed E-state index contributed by atoms with van der Waals surface area (Å²) in [5.74, 6) is 0.274. The van der Waals surface area contributed by atoms with E-state index in [0.717, 1.165) is 27.8 Å². The number of nitrogens with one attached hydrogen (secondary N) is 1. The molecule has 5 heteroatoms. The smallest absolute Gasteiger partial charge is 0.236 e. The van der Waals surface area contributed by atoms with Crippen LogP contribution in [0.4, 0.5) is 0 Å². The Morgan fingerprint density at radius 2 is 1.47 bits per heavy atom. The molecule has 0 saturated carbocycles. The Labute approximate surface area is 206 Å². The molecular weight excluding hydrogens is 442 g/mol. The molecule has 0 spiro atoms. The van der Waals surface area contributed by atoms with Gasteiger partial charge in [-0.05, 0) is 77.3 Å². The first-order valence-corrected chi connectivity index (χ1v) is 12.9. The normalized spacial score (nSPS) is 12.7. The van der Waals surface area contributed by atoms with Gasteiger partial charge in [0.1, 0.15) is 0 Å². The summed E-state index contributed by atoms with van der Waals surface area (Å²) in [7, 11) is -1.76. The topological polar surface area (TPSA) is 66.4 Å². The first-order chi connectivity index (χ1) is 16.0. The van der Waals surface area contributed by atoms with Crippen LogP contribution < -0.4 is 4.72 Å². The summed E-state index contributed by atoms with van der Waals surface area (Å²) >= 11 is 0. The van der Waals surface area contributed by atoms with Crippen molar-refractivity contribution in [3.63, 3.8) is 0 Å². The Balaban J connectivity index is 1.91. The van der Waals surface area contributed by atoms with E-state index in [1.807, 2.05) is 48.5 Å². The van der Waals surface area contributed by atoms with Crippen LogP contribution in [-0.2, 0) is 27.8 Å². The van der Waals surface area contributed by atoms with Crippen molar-refractivity contribution in [1.82, 2.24) is 4.72 Å². The molecule has 0 aliphatic heterocycles. The molecule has 0 aliphatic carbocycles. The van der Waals surface area contributed by atoms with Gasteiger partial charge in [-0.3, -0.25) is 9.52 Å². The molecule has 1 atom stereocenters. The van der Waals surface area contributed by atoms with Crippen LogP contribution in [0, 0.1) is 0 Å². The number of benzene rings is 3. The highest BCUT2D eigenvalue weighted by Gasteiger charge is 2.21. The summed E-state index contributed by atoms with van der Waals surface area (Å²) in [6.07, 6.45) is 0.171. The fourth-order valence-corrected chi connectivity index (χ4v) is 4.99. The fourth-order valence-electron chi connectivity index (χ4n) is 4.12. The van der Waals surface area contributed by atoms with Crippen molar-refractivity contribution in [2.24, 2.45) is 0 Å². The van der Waals surface area contributed by atoms with Crippen LogP contribution >= 0.6 is 0 Å². The van der Waals surface area contributed by atoms with E-state index < -0.39 is 16.6 Å². The molecule has 4 nitrogen and oxygen atoms in total. The van der Waals surface area contributed by atoms with Gasteiger partial charge in [-0.15, -0.1) is 0 Å². The lowest BCUT2D eigenvalue weighted by molar-refractivity contribution is -0.118. The third kappa shape index (κ3) is 6.22. The second kappa shape index (κ2) is 10.7. The zero-order chi connectivity index (χ0) is 25.0. The third-order valence-electron chi connectivity index (χ3n) is 5.97. The zero-order valence-electron chi connectivity index (χ0n) is 20.9. The molecule has 34 heavy (non-hydrogen) atoms. The highest BCUT2D eigenvalue weighted by Crippen LogP contribution is 2.30. The van der Waals surface area contributed by atoms with Gasteiger partial charge in [0.2, 0.25) is 5.91 Å². The van der Waals surface area contributed by atoms with Crippen LogP contribution in [0.5, 0.6) is 0 Å². The second-order valence-electron chi connectivity index (χ2n) is 9.87. The molecule has 1 unspecified atom stereocenters. The molecule has 180 valence electrons. The Morgan fingerprint density at radius 3 is 2.00 bits per heavy atom. The van der Waals surface area contributed by atoms with Gasteiger partial charge in [-0.25, -0.2) is 4.21 Å². The standard InChI is InChI=1S/C29H35NO3S/c1-19(2)25-13-10-14-26(20(3)4)27(25)18-28(31)30-34(33)24-16-22(21-11-8-7-9-12-21)15-23(17-24)29(5,6)32/h7-17,19-20,32H,18H2,1-6H3,(H,30,31). The van der Waals surface area contributed by atoms with Crippen LogP contribution in [0.1, 0.15) is 75.6 Å². The molecule has 3 rings (SSSR count). The molecule has 0 fully saturated rings. The lowest BCUT2D eigenvalue weighted by Gasteiger charge is -2.21. The Kier molecular flexibility index (Phi) is 8.11. The summed E-state index contributed by atoms with van der Waals surface area (Å²) in [5, 5.41) is 10.6. The van der Waals surface area contributed by atoms with E-state index in [1.165, 1.54) is 0 Å². The van der Waals surface area contributed by atoms with E-state index in [-0.39, 0.29) is 24.2 Å². The molecule has 0 aliphatic rings. The minimum atomic E-state index is -1.76. The van der Waals surface area contributed by atoms with E-state index in [1.54, 1.807) is 19.9 Å². The van der Waals surface area contributed by atoms with E-state index in [0.29, 0.717) is 10.5 Å². The fraction of sp³-hybridized carbons (Fsp3) is 0.345. The highest BCUT2D eigenvalue weighted by atomic mass is 32.2. The van der Waals surface area contributed by atoms with Gasteiger partial charge < -0.3 is 5.11 Å². The van der Waals surface area contributed by atoms with Crippen molar-refractivity contribution in [1.29, 1.82) is 0 Å². The average molecular weight is 478 g/mol. The monoisotopic (exact) mass is 477 g/mol. The van der Waals surface area contributed by atoms with Gasteiger partial charge in [0.25, 0.3) is 0 Å². The van der Waals surface area contributed by atoms with Crippen molar-refractivity contribution in [2.75, 3.05) is 0 Å². The molecule has 1 amide bonds. The Morgan fingerprint density at radius 1 is 0.882 bits per heavy atom. The predicted molar refractivity (Wildman–Crippen MR) is 140 cm³/mol. The van der Waals surface area contributed by atoms with Crippen molar-refractivity contribution in [2.45, 2.75) is 70.3 Å². The van der Waals surface area contributed by atoms with Crippen LogP contribution in [-0.4, -0.2) is 15.2 Å². The first-order valence-electron chi connectivity index (χ1n) is 11.7. The lowest BCUT2D eigenvalue weighted by Crippen LogP contribution is -2.28. The maximum Gasteiger partial charge on any atom is 0.236 e. The number of rotatable bonds is 8. The summed E-state index contributed by atoms with van der Waals surface area (Å²) in [6.45, 7) is 11.9. The molecule has 0 heterocycles. The van der Waals surface area contributed by atoms with Crippen LogP contribution in [0.15, 0.2) is 71.6 Å². The number of amides is 1. The minimum absolute atomic E-state index is 0.171.